The molecule has 4 unspecified atom stereocenters. The number of aliphatic hydroxyl groups is 2. The number of hydrogen-bond donors (Lipinski definition) is 2. The summed E-state index contributed by atoms with van der Waals surface area (Å²) in [4.78, 5) is 12.7. The topological polar surface area (TPSA) is 57.5 Å². The van der Waals surface area contributed by atoms with Crippen molar-refractivity contribution in [2.75, 3.05) is 6.61 Å². The van der Waals surface area contributed by atoms with Crippen LogP contribution in [-0.2, 0) is 4.79 Å². The summed E-state index contributed by atoms with van der Waals surface area (Å²) in [5, 5.41) is 18.9. The van der Waals surface area contributed by atoms with Crippen LogP contribution < -0.4 is 0 Å². The summed E-state index contributed by atoms with van der Waals surface area (Å²) < 4.78 is 0. The van der Waals surface area contributed by atoms with E-state index < -0.39 is 5.60 Å². The minimum Gasteiger partial charge on any atom is -0.393 e. The van der Waals surface area contributed by atoms with Gasteiger partial charge in [0.2, 0.25) is 0 Å². The van der Waals surface area contributed by atoms with Gasteiger partial charge in [-0.05, 0) is 69.9 Å². The van der Waals surface area contributed by atoms with Crippen LogP contribution in [-0.4, -0.2) is 28.2 Å². The van der Waals surface area contributed by atoms with Gasteiger partial charge in [0.15, 0.2) is 5.78 Å². The molecule has 0 heterocycles. The molecule has 2 rings (SSSR count). The SMILES string of the molecule is C=C1CCC=C(C)CCC2C1CC2(C)C(=O)C=CC(C)(O)CO. The fourth-order valence-electron chi connectivity index (χ4n) is 3.94. The van der Waals surface area contributed by atoms with E-state index in [1.54, 1.807) is 0 Å². The van der Waals surface area contributed by atoms with Crippen LogP contribution in [0.5, 0.6) is 0 Å². The Morgan fingerprint density at radius 1 is 1.52 bits per heavy atom. The Bertz CT molecular complexity index is 541. The molecule has 23 heavy (non-hydrogen) atoms. The molecule has 0 bridgehead atoms. The average Bonchev–Trinajstić information content (AvgIpc) is 2.54. The highest BCUT2D eigenvalue weighted by Crippen LogP contribution is 2.57. The van der Waals surface area contributed by atoms with E-state index in [9.17, 15) is 9.90 Å². The summed E-state index contributed by atoms with van der Waals surface area (Å²) in [6, 6.07) is 0. The Morgan fingerprint density at radius 2 is 2.22 bits per heavy atom. The number of allylic oxidation sites excluding steroid dienone is 4. The van der Waals surface area contributed by atoms with Gasteiger partial charge in [0.25, 0.3) is 0 Å². The minimum atomic E-state index is -1.34. The molecular weight excluding hydrogens is 288 g/mol. The molecule has 0 amide bonds. The normalized spacial score (nSPS) is 34.5. The second kappa shape index (κ2) is 6.74. The molecule has 0 aromatic rings. The van der Waals surface area contributed by atoms with Crippen molar-refractivity contribution in [3.05, 3.63) is 36.0 Å². The maximum Gasteiger partial charge on any atom is 0.161 e. The molecule has 0 spiro atoms. The molecule has 2 N–H and O–H groups in total. The van der Waals surface area contributed by atoms with Crippen LogP contribution in [0.4, 0.5) is 0 Å². The van der Waals surface area contributed by atoms with Gasteiger partial charge in [-0.25, -0.2) is 0 Å². The lowest BCUT2D eigenvalue weighted by molar-refractivity contribution is -0.137. The first kappa shape index (κ1) is 18.2. The summed E-state index contributed by atoms with van der Waals surface area (Å²) in [7, 11) is 0. The number of carbonyl (C=O) groups is 1. The highest BCUT2D eigenvalue weighted by atomic mass is 16.3. The van der Waals surface area contributed by atoms with Crippen LogP contribution in [0, 0.1) is 17.3 Å². The average molecular weight is 318 g/mol. The maximum atomic E-state index is 12.7. The summed E-state index contributed by atoms with van der Waals surface area (Å²) in [6.45, 7) is 9.57. The Hall–Kier alpha value is -1.19. The molecule has 2 aliphatic rings. The van der Waals surface area contributed by atoms with E-state index in [4.69, 9.17) is 5.11 Å². The van der Waals surface area contributed by atoms with Crippen molar-refractivity contribution >= 4 is 5.78 Å². The molecule has 1 saturated carbocycles. The molecule has 3 heteroatoms. The molecule has 3 nitrogen and oxygen atoms in total. The van der Waals surface area contributed by atoms with Crippen LogP contribution >= 0.6 is 0 Å². The maximum absolute atomic E-state index is 12.7. The second-order valence-electron chi connectivity index (χ2n) is 7.83. The summed E-state index contributed by atoms with van der Waals surface area (Å²) in [5.41, 5.74) is 0.966. The van der Waals surface area contributed by atoms with Crippen molar-refractivity contribution in [1.82, 2.24) is 0 Å². The summed E-state index contributed by atoms with van der Waals surface area (Å²) in [5.74, 6) is 0.823. The van der Waals surface area contributed by atoms with Crippen LogP contribution in [0.2, 0.25) is 0 Å². The largest absolute Gasteiger partial charge is 0.393 e. The van der Waals surface area contributed by atoms with Gasteiger partial charge in [0, 0.05) is 5.41 Å². The van der Waals surface area contributed by atoms with E-state index in [2.05, 4.69) is 19.6 Å². The first-order valence-electron chi connectivity index (χ1n) is 8.60. The van der Waals surface area contributed by atoms with Crippen LogP contribution in [0.25, 0.3) is 0 Å². The second-order valence-corrected chi connectivity index (χ2v) is 7.83. The fraction of sp³-hybridized carbons (Fsp3) is 0.650. The van der Waals surface area contributed by atoms with Crippen LogP contribution in [0.1, 0.15) is 52.9 Å². The highest BCUT2D eigenvalue weighted by molar-refractivity contribution is 5.95. The van der Waals surface area contributed by atoms with Gasteiger partial charge in [-0.15, -0.1) is 0 Å². The van der Waals surface area contributed by atoms with Gasteiger partial charge in [0.05, 0.1) is 6.61 Å². The fourth-order valence-corrected chi connectivity index (χ4v) is 3.94. The number of hydrogen-bond acceptors (Lipinski definition) is 3. The zero-order valence-electron chi connectivity index (χ0n) is 14.6. The Morgan fingerprint density at radius 3 is 2.87 bits per heavy atom. The van der Waals surface area contributed by atoms with Gasteiger partial charge in [-0.3, -0.25) is 4.79 Å². The van der Waals surface area contributed by atoms with Crippen LogP contribution in [0.15, 0.2) is 36.0 Å². The number of aliphatic hydroxyl groups excluding tert-OH is 1. The lowest BCUT2D eigenvalue weighted by atomic mass is 9.49. The molecule has 0 aliphatic heterocycles. The van der Waals surface area contributed by atoms with E-state index in [1.165, 1.54) is 30.2 Å². The van der Waals surface area contributed by atoms with Gasteiger partial charge >= 0.3 is 0 Å². The van der Waals surface area contributed by atoms with E-state index in [-0.39, 0.29) is 17.8 Å². The molecule has 2 aliphatic carbocycles. The van der Waals surface area contributed by atoms with Crippen molar-refractivity contribution in [2.45, 2.75) is 58.5 Å². The van der Waals surface area contributed by atoms with Crippen LogP contribution in [0.3, 0.4) is 0 Å². The van der Waals surface area contributed by atoms with Gasteiger partial charge in [0.1, 0.15) is 5.60 Å². The number of fused-ring (bicyclic) bond motifs is 1. The molecule has 0 aromatic heterocycles. The Kier molecular flexibility index (Phi) is 5.32. The smallest absolute Gasteiger partial charge is 0.161 e. The molecular formula is C20H30O3. The number of carbonyl (C=O) groups excluding carboxylic acids is 1. The predicted molar refractivity (Wildman–Crippen MR) is 92.9 cm³/mol. The van der Waals surface area contributed by atoms with Gasteiger partial charge < -0.3 is 10.2 Å². The zero-order valence-corrected chi connectivity index (χ0v) is 14.6. The third kappa shape index (κ3) is 3.84. The lowest BCUT2D eigenvalue weighted by Crippen LogP contribution is -2.51. The van der Waals surface area contributed by atoms with Gasteiger partial charge in [-0.2, -0.15) is 0 Å². The third-order valence-corrected chi connectivity index (χ3v) is 5.76. The van der Waals surface area contributed by atoms with E-state index in [0.717, 1.165) is 32.1 Å². The predicted octanol–water partition coefficient (Wildman–Crippen LogP) is 3.57. The van der Waals surface area contributed by atoms with Crippen molar-refractivity contribution in [2.24, 2.45) is 17.3 Å². The highest BCUT2D eigenvalue weighted by Gasteiger charge is 2.54. The van der Waals surface area contributed by atoms with Gasteiger partial charge in [-0.1, -0.05) is 30.7 Å². The first-order chi connectivity index (χ1) is 10.7. The number of rotatable bonds is 4. The molecule has 0 saturated heterocycles. The van der Waals surface area contributed by atoms with Crippen molar-refractivity contribution in [3.63, 3.8) is 0 Å². The standard InChI is InChI=1S/C20H30O3/c1-14-6-5-7-15(2)16-12-20(4,17(16)9-8-14)18(22)10-11-19(3,23)13-21/h6,10-11,16-17,21,23H,2,5,7-9,12-13H2,1,3-4H3. The zero-order chi connectivity index (χ0) is 17.3. The molecule has 0 aromatic carbocycles. The van der Waals surface area contributed by atoms with E-state index >= 15 is 0 Å². The van der Waals surface area contributed by atoms with E-state index in [1.807, 2.05) is 6.92 Å². The number of ketones is 1. The monoisotopic (exact) mass is 318 g/mol. The first-order valence-corrected chi connectivity index (χ1v) is 8.60. The van der Waals surface area contributed by atoms with Crippen molar-refractivity contribution in [1.29, 1.82) is 0 Å². The quantitative estimate of drug-likeness (QED) is 0.615. The Labute approximate surface area is 139 Å². The van der Waals surface area contributed by atoms with Crippen molar-refractivity contribution in [3.8, 4) is 0 Å². The molecule has 128 valence electrons. The molecule has 0 radical (unpaired) electrons. The lowest BCUT2D eigenvalue weighted by Gasteiger charge is -2.53. The molecule has 4 atom stereocenters. The summed E-state index contributed by atoms with van der Waals surface area (Å²) in [6.07, 6.45) is 10.1. The van der Waals surface area contributed by atoms with E-state index in [0.29, 0.717) is 11.8 Å². The molecule has 1 fully saturated rings. The summed E-state index contributed by atoms with van der Waals surface area (Å²) >= 11 is 0. The van der Waals surface area contributed by atoms with Crippen molar-refractivity contribution < 1.29 is 15.0 Å². The Balaban J connectivity index is 2.15. The minimum absolute atomic E-state index is 0.0566. The third-order valence-electron chi connectivity index (χ3n) is 5.76.